The van der Waals surface area contributed by atoms with Gasteiger partial charge in [-0.2, -0.15) is 0 Å². The normalized spacial score (nSPS) is 21.6. The van der Waals surface area contributed by atoms with E-state index in [-0.39, 0.29) is 29.4 Å². The standard InChI is InChI=1S/C24H23F2N3O2/c1-15(24-27-9-11-31-24)23(30)14-28-10-8-22-20(13-28)19-12-17(26)4-7-21(19)29(22)18-5-2-16(25)3-6-18/h2-7,9,11-12,15,20,22H,8,10,13-14H2,1H3/t15?,20?,22-/m1/s1. The van der Waals surface area contributed by atoms with Crippen LogP contribution < -0.4 is 4.90 Å². The highest BCUT2D eigenvalue weighted by Gasteiger charge is 2.43. The first-order chi connectivity index (χ1) is 15.0. The van der Waals surface area contributed by atoms with Crippen molar-refractivity contribution in [3.8, 4) is 0 Å². The quantitative estimate of drug-likeness (QED) is 0.599. The van der Waals surface area contributed by atoms with Gasteiger partial charge in [0, 0.05) is 36.4 Å². The van der Waals surface area contributed by atoms with Crippen LogP contribution in [-0.4, -0.2) is 41.3 Å². The van der Waals surface area contributed by atoms with Crippen molar-refractivity contribution in [2.75, 3.05) is 24.5 Å². The summed E-state index contributed by atoms with van der Waals surface area (Å²) in [4.78, 5) is 21.2. The van der Waals surface area contributed by atoms with Crippen LogP contribution in [0, 0.1) is 11.6 Å². The van der Waals surface area contributed by atoms with Gasteiger partial charge in [0.15, 0.2) is 5.78 Å². The first kappa shape index (κ1) is 19.9. The molecule has 2 aromatic carbocycles. The van der Waals surface area contributed by atoms with Crippen LogP contribution in [0.15, 0.2) is 59.3 Å². The summed E-state index contributed by atoms with van der Waals surface area (Å²) in [6, 6.07) is 11.4. The Bertz CT molecular complexity index is 1080. The van der Waals surface area contributed by atoms with Gasteiger partial charge in [0.05, 0.1) is 18.7 Å². The summed E-state index contributed by atoms with van der Waals surface area (Å²) in [5, 5.41) is 0. The van der Waals surface area contributed by atoms with Crippen LogP contribution in [0.5, 0.6) is 0 Å². The Balaban J connectivity index is 1.39. The Hall–Kier alpha value is -3.06. The van der Waals surface area contributed by atoms with Gasteiger partial charge >= 0.3 is 0 Å². The number of piperidine rings is 1. The number of carbonyl (C=O) groups is 1. The van der Waals surface area contributed by atoms with Gasteiger partial charge in [0.25, 0.3) is 0 Å². The summed E-state index contributed by atoms with van der Waals surface area (Å²) in [5.41, 5.74) is 2.78. The Kier molecular flexibility index (Phi) is 5.06. The Morgan fingerprint density at radius 1 is 1.19 bits per heavy atom. The third-order valence-corrected chi connectivity index (χ3v) is 6.43. The van der Waals surface area contributed by atoms with E-state index in [0.717, 1.165) is 29.9 Å². The molecule has 1 fully saturated rings. The molecule has 2 unspecified atom stereocenters. The monoisotopic (exact) mass is 423 g/mol. The number of oxazole rings is 1. The molecule has 0 amide bonds. The first-order valence-corrected chi connectivity index (χ1v) is 10.5. The molecule has 0 bridgehead atoms. The second-order valence-corrected chi connectivity index (χ2v) is 8.31. The summed E-state index contributed by atoms with van der Waals surface area (Å²) in [7, 11) is 0. The molecule has 0 spiro atoms. The van der Waals surface area contributed by atoms with Crippen LogP contribution in [0.3, 0.4) is 0 Å². The zero-order valence-corrected chi connectivity index (χ0v) is 17.2. The maximum absolute atomic E-state index is 14.1. The number of carbonyl (C=O) groups excluding carboxylic acids is 1. The number of anilines is 2. The molecular weight excluding hydrogens is 400 g/mol. The van der Waals surface area contributed by atoms with Crippen LogP contribution in [0.4, 0.5) is 20.2 Å². The van der Waals surface area contributed by atoms with Gasteiger partial charge < -0.3 is 9.32 Å². The number of nitrogens with zero attached hydrogens (tertiary/aromatic N) is 3. The lowest BCUT2D eigenvalue weighted by Gasteiger charge is -2.39. The fraction of sp³-hybridized carbons (Fsp3) is 0.333. The first-order valence-electron chi connectivity index (χ1n) is 10.5. The van der Waals surface area contributed by atoms with E-state index in [1.54, 1.807) is 37.4 Å². The van der Waals surface area contributed by atoms with Gasteiger partial charge in [-0.15, -0.1) is 0 Å². The smallest absolute Gasteiger partial charge is 0.204 e. The highest BCUT2D eigenvalue weighted by molar-refractivity contribution is 5.86. The average molecular weight is 423 g/mol. The average Bonchev–Trinajstić information content (AvgIpc) is 3.40. The van der Waals surface area contributed by atoms with Crippen molar-refractivity contribution < 1.29 is 18.0 Å². The fourth-order valence-corrected chi connectivity index (χ4v) is 4.86. The molecule has 160 valence electrons. The largest absolute Gasteiger partial charge is 0.448 e. The van der Waals surface area contributed by atoms with Crippen LogP contribution in [0.1, 0.15) is 36.6 Å². The maximum atomic E-state index is 14.1. The number of Topliss-reactive ketones (excluding diaryl/α,β-unsaturated/α-hetero) is 1. The van der Waals surface area contributed by atoms with E-state index in [1.165, 1.54) is 24.5 Å². The molecule has 5 rings (SSSR count). The summed E-state index contributed by atoms with van der Waals surface area (Å²) >= 11 is 0. The number of fused-ring (bicyclic) bond motifs is 3. The van der Waals surface area contributed by atoms with Gasteiger partial charge in [-0.25, -0.2) is 13.8 Å². The molecule has 31 heavy (non-hydrogen) atoms. The van der Waals surface area contributed by atoms with Crippen LogP contribution >= 0.6 is 0 Å². The predicted molar refractivity (Wildman–Crippen MR) is 112 cm³/mol. The summed E-state index contributed by atoms with van der Waals surface area (Å²) in [6.45, 7) is 3.51. The Labute approximate surface area is 179 Å². The molecule has 1 saturated heterocycles. The molecule has 0 radical (unpaired) electrons. The minimum absolute atomic E-state index is 0.0498. The van der Waals surface area contributed by atoms with E-state index in [0.29, 0.717) is 19.0 Å². The Morgan fingerprint density at radius 2 is 1.97 bits per heavy atom. The molecule has 3 heterocycles. The summed E-state index contributed by atoms with van der Waals surface area (Å²) in [6.07, 6.45) is 3.83. The van der Waals surface area contributed by atoms with E-state index in [9.17, 15) is 13.6 Å². The van der Waals surface area contributed by atoms with E-state index in [4.69, 9.17) is 4.42 Å². The van der Waals surface area contributed by atoms with Crippen molar-refractivity contribution in [1.82, 2.24) is 9.88 Å². The van der Waals surface area contributed by atoms with E-state index >= 15 is 0 Å². The van der Waals surface area contributed by atoms with Crippen molar-refractivity contribution in [2.45, 2.75) is 31.2 Å². The van der Waals surface area contributed by atoms with Crippen LogP contribution in [0.2, 0.25) is 0 Å². The molecule has 5 nitrogen and oxygen atoms in total. The molecule has 2 aliphatic heterocycles. The van der Waals surface area contributed by atoms with Gasteiger partial charge in [-0.1, -0.05) is 0 Å². The molecule has 0 N–H and O–H groups in total. The summed E-state index contributed by atoms with van der Waals surface area (Å²) in [5.74, 6) is -0.424. The van der Waals surface area contributed by atoms with Crippen molar-refractivity contribution >= 4 is 17.2 Å². The van der Waals surface area contributed by atoms with Crippen molar-refractivity contribution in [2.24, 2.45) is 0 Å². The van der Waals surface area contributed by atoms with Crippen molar-refractivity contribution in [1.29, 1.82) is 0 Å². The maximum Gasteiger partial charge on any atom is 0.204 e. The van der Waals surface area contributed by atoms with Crippen LogP contribution in [-0.2, 0) is 4.79 Å². The minimum atomic E-state index is -0.406. The van der Waals surface area contributed by atoms with Crippen molar-refractivity contribution in [3.63, 3.8) is 0 Å². The summed E-state index contributed by atoms with van der Waals surface area (Å²) < 4.78 is 32.9. The van der Waals surface area contributed by atoms with Crippen molar-refractivity contribution in [3.05, 3.63) is 78.0 Å². The van der Waals surface area contributed by atoms with Gasteiger partial charge in [-0.3, -0.25) is 9.69 Å². The second-order valence-electron chi connectivity index (χ2n) is 8.31. The third kappa shape index (κ3) is 3.63. The molecule has 7 heteroatoms. The van der Waals surface area contributed by atoms with Gasteiger partial charge in [-0.05, 0) is 61.4 Å². The van der Waals surface area contributed by atoms with E-state index < -0.39 is 5.92 Å². The molecule has 0 saturated carbocycles. The number of rotatable bonds is 5. The lowest BCUT2D eigenvalue weighted by atomic mass is 9.88. The molecule has 0 aliphatic carbocycles. The molecule has 3 atom stereocenters. The highest BCUT2D eigenvalue weighted by atomic mass is 19.1. The van der Waals surface area contributed by atoms with E-state index in [2.05, 4.69) is 14.8 Å². The topological polar surface area (TPSA) is 49.6 Å². The van der Waals surface area contributed by atoms with E-state index in [1.807, 2.05) is 0 Å². The number of hydrogen-bond donors (Lipinski definition) is 0. The lowest BCUT2D eigenvalue weighted by Crippen LogP contribution is -2.46. The van der Waals surface area contributed by atoms with Gasteiger partial charge in [0.2, 0.25) is 5.89 Å². The van der Waals surface area contributed by atoms with Crippen LogP contribution in [0.25, 0.3) is 0 Å². The molecule has 1 aromatic heterocycles. The number of aromatic nitrogens is 1. The third-order valence-electron chi connectivity index (χ3n) is 6.43. The number of halogens is 2. The highest BCUT2D eigenvalue weighted by Crippen LogP contribution is 2.48. The SMILES string of the molecule is CC(C(=O)CN1CC[C@@H]2C(C1)c1cc(F)ccc1N2c1ccc(F)cc1)c1ncco1. The number of likely N-dealkylation sites (tertiary alicyclic amines) is 1. The Morgan fingerprint density at radius 3 is 2.71 bits per heavy atom. The number of ketones is 1. The van der Waals surface area contributed by atoms with Gasteiger partial charge in [0.1, 0.15) is 17.9 Å². The zero-order valence-electron chi connectivity index (χ0n) is 17.2. The number of hydrogen-bond acceptors (Lipinski definition) is 5. The second kappa shape index (κ2) is 7.89. The number of benzene rings is 2. The predicted octanol–water partition coefficient (Wildman–Crippen LogP) is 4.64. The lowest BCUT2D eigenvalue weighted by molar-refractivity contribution is -0.122. The zero-order chi connectivity index (χ0) is 21.5. The minimum Gasteiger partial charge on any atom is -0.448 e. The fourth-order valence-electron chi connectivity index (χ4n) is 4.86. The molecular formula is C24H23F2N3O2. The molecule has 3 aromatic rings. The molecule has 2 aliphatic rings.